The molecular weight excluding hydrogens is 552 g/mol. The average Bonchev–Trinajstić information content (AvgIpc) is 3.40. The Morgan fingerprint density at radius 1 is 0.561 bits per heavy atom. The number of carboxylic acid groups (broad SMARTS) is 3. The Morgan fingerprint density at radius 3 is 1.34 bits per heavy atom. The van der Waals surface area contributed by atoms with Gasteiger partial charge in [-0.15, -0.1) is 0 Å². The van der Waals surface area contributed by atoms with E-state index in [1.807, 2.05) is 22.3 Å². The number of carbonyl (C=O) groups excluding carboxylic acids is 3. The predicted octanol–water partition coefficient (Wildman–Crippen LogP) is 4.23. The van der Waals surface area contributed by atoms with Gasteiger partial charge in [-0.25, -0.2) is 0 Å². The molecule has 0 aromatic heterocycles. The standard InChI is InChI=1S/C13H17.3C7H6O2.Ti/c1-3-7-12-10(5-1)9-11-6-2-4-8-13(11)12;3*8-7(9)6-4-2-1-3-5-6;/h5H,1-4,6-9H2;3*1-5H,(H,8,9);/q;;;;+3/p-3. The van der Waals surface area contributed by atoms with Crippen LogP contribution in [0.25, 0.3) is 0 Å². The summed E-state index contributed by atoms with van der Waals surface area (Å²) in [6, 6.07) is 24.2. The second-order valence-electron chi connectivity index (χ2n) is 9.88. The normalized spacial score (nSPS) is 16.8. The van der Waals surface area contributed by atoms with E-state index in [1.165, 1.54) is 87.8 Å². The molecule has 0 aliphatic heterocycles. The fraction of sp³-hybridized carbons (Fsp3) is 0.265. The van der Waals surface area contributed by atoms with E-state index in [4.69, 9.17) is 0 Å². The van der Waals surface area contributed by atoms with E-state index in [9.17, 15) is 29.7 Å². The number of aromatic carboxylic acids is 3. The van der Waals surface area contributed by atoms with Gasteiger partial charge in [-0.2, -0.15) is 0 Å². The van der Waals surface area contributed by atoms with Crippen molar-refractivity contribution in [2.75, 3.05) is 0 Å². The van der Waals surface area contributed by atoms with Crippen LogP contribution in [0.1, 0.15) is 82.4 Å². The number of benzene rings is 3. The molecule has 0 fully saturated rings. The minimum absolute atomic E-state index is 0.220. The molecule has 3 aromatic carbocycles. The summed E-state index contributed by atoms with van der Waals surface area (Å²) in [5.41, 5.74) is 7.96. The summed E-state index contributed by atoms with van der Waals surface area (Å²) >= 11 is 2.44. The van der Waals surface area contributed by atoms with E-state index in [0.29, 0.717) is 0 Å². The third kappa shape index (κ3) is 10.00. The first-order valence-corrected chi connectivity index (χ1v) is 14.6. The van der Waals surface area contributed by atoms with Crippen molar-refractivity contribution in [2.45, 2.75) is 55.6 Å². The van der Waals surface area contributed by atoms with Crippen molar-refractivity contribution >= 4 is 17.9 Å². The molecule has 6 rings (SSSR count). The van der Waals surface area contributed by atoms with Gasteiger partial charge < -0.3 is 29.7 Å². The van der Waals surface area contributed by atoms with Crippen molar-refractivity contribution in [1.29, 1.82) is 0 Å². The Kier molecular flexibility index (Phi) is 12.8. The molecule has 6 nitrogen and oxygen atoms in total. The summed E-state index contributed by atoms with van der Waals surface area (Å²) < 4.78 is 0.893. The van der Waals surface area contributed by atoms with Gasteiger partial charge in [-0.1, -0.05) is 91.0 Å². The van der Waals surface area contributed by atoms with Crippen LogP contribution in [0.3, 0.4) is 0 Å². The maximum atomic E-state index is 10.1. The van der Waals surface area contributed by atoms with Gasteiger partial charge in [0.2, 0.25) is 0 Å². The van der Waals surface area contributed by atoms with Crippen LogP contribution in [0, 0.1) is 0 Å². The molecule has 0 saturated heterocycles. The molecule has 1 unspecified atom stereocenters. The van der Waals surface area contributed by atoms with Crippen molar-refractivity contribution in [3.05, 3.63) is 130 Å². The minimum atomic E-state index is -1.13. The second kappa shape index (κ2) is 16.5. The molecule has 0 N–H and O–H groups in total. The van der Waals surface area contributed by atoms with Crippen LogP contribution in [-0.2, 0) is 20.4 Å². The second-order valence-corrected chi connectivity index (χ2v) is 11.0. The molecule has 0 heterocycles. The Labute approximate surface area is 252 Å². The van der Waals surface area contributed by atoms with Gasteiger partial charge in [0.05, 0.1) is 17.9 Å². The molecule has 1 atom stereocenters. The molecule has 7 heteroatoms. The Bertz CT molecular complexity index is 1250. The van der Waals surface area contributed by atoms with E-state index < -0.39 is 17.9 Å². The molecule has 3 aromatic rings. The van der Waals surface area contributed by atoms with Gasteiger partial charge in [0, 0.05) is 0 Å². The number of fused-ring (bicyclic) bond motifs is 1. The number of carbonyl (C=O) groups is 3. The van der Waals surface area contributed by atoms with Gasteiger partial charge >= 0.3 is 98.3 Å². The van der Waals surface area contributed by atoms with E-state index in [1.54, 1.807) is 54.6 Å². The zero-order chi connectivity index (χ0) is 29.6. The van der Waals surface area contributed by atoms with Crippen LogP contribution < -0.4 is 15.3 Å². The fourth-order valence-electron chi connectivity index (χ4n) is 5.08. The first-order valence-electron chi connectivity index (χ1n) is 13.7. The van der Waals surface area contributed by atoms with Crippen molar-refractivity contribution in [1.82, 2.24) is 0 Å². The third-order valence-electron chi connectivity index (χ3n) is 7.11. The van der Waals surface area contributed by atoms with Gasteiger partial charge in [-0.3, -0.25) is 0 Å². The molecule has 0 radical (unpaired) electrons. The van der Waals surface area contributed by atoms with Crippen LogP contribution in [0.4, 0.5) is 0 Å². The summed E-state index contributed by atoms with van der Waals surface area (Å²) in [6.45, 7) is 0. The molecule has 0 spiro atoms. The molecule has 41 heavy (non-hydrogen) atoms. The van der Waals surface area contributed by atoms with Gasteiger partial charge in [0.1, 0.15) is 0 Å². The maximum absolute atomic E-state index is 10.1. The molecule has 0 bridgehead atoms. The van der Waals surface area contributed by atoms with Crippen LogP contribution in [0.15, 0.2) is 113 Å². The molecule has 208 valence electrons. The first-order chi connectivity index (χ1) is 19.8. The van der Waals surface area contributed by atoms with E-state index >= 15 is 0 Å². The van der Waals surface area contributed by atoms with E-state index in [2.05, 4.69) is 20.4 Å². The Balaban J connectivity index is 0.000000154. The number of hydrogen-bond donors (Lipinski definition) is 0. The Hall–Kier alpha value is -3.74. The van der Waals surface area contributed by atoms with Crippen molar-refractivity contribution in [3.63, 3.8) is 0 Å². The Morgan fingerprint density at radius 2 is 0.951 bits per heavy atom. The van der Waals surface area contributed by atoms with Gasteiger partial charge in [0.25, 0.3) is 0 Å². The number of hydrogen-bond acceptors (Lipinski definition) is 6. The van der Waals surface area contributed by atoms with Crippen LogP contribution in [0.5, 0.6) is 0 Å². The zero-order valence-corrected chi connectivity index (χ0v) is 24.4. The van der Waals surface area contributed by atoms with Crippen LogP contribution in [-0.4, -0.2) is 17.9 Å². The number of allylic oxidation sites excluding steroid dienone is 4. The summed E-state index contributed by atoms with van der Waals surface area (Å²) in [5.74, 6) is -3.39. The summed E-state index contributed by atoms with van der Waals surface area (Å²) in [4.78, 5) is 30.3. The van der Waals surface area contributed by atoms with Gasteiger partial charge in [-0.05, 0) is 16.7 Å². The van der Waals surface area contributed by atoms with Crippen molar-refractivity contribution < 1.29 is 50.1 Å². The quantitative estimate of drug-likeness (QED) is 0.425. The first kappa shape index (κ1) is 31.8. The van der Waals surface area contributed by atoms with Crippen molar-refractivity contribution in [2.24, 2.45) is 0 Å². The number of carboxylic acids is 3. The molecule has 3 aliphatic rings. The van der Waals surface area contributed by atoms with Gasteiger partial charge in [0.15, 0.2) is 0 Å². The molecule has 0 saturated carbocycles. The monoisotopic (exact) mass is 584 g/mol. The summed E-state index contributed by atoms with van der Waals surface area (Å²) in [7, 11) is 0. The van der Waals surface area contributed by atoms with E-state index in [-0.39, 0.29) is 16.7 Å². The molecular formula is C34H32O6Ti. The average molecular weight is 584 g/mol. The van der Waals surface area contributed by atoms with Crippen LogP contribution in [0.2, 0.25) is 4.22 Å². The fourth-order valence-corrected chi connectivity index (χ4v) is 5.83. The number of rotatable bonds is 3. The summed E-state index contributed by atoms with van der Waals surface area (Å²) in [6.07, 6.45) is 11.4. The zero-order valence-electron chi connectivity index (χ0n) is 22.8. The third-order valence-corrected chi connectivity index (χ3v) is 8.10. The molecule has 0 amide bonds. The predicted molar refractivity (Wildman–Crippen MR) is 147 cm³/mol. The SMILES string of the molecule is O=C([O-])c1ccccc1.O=C([O-])c1ccccc1.O=C([O-])c1ccccc1.[Ti+3][CH]1CCCC2=C1CC1=C2CCCC1. The molecule has 3 aliphatic carbocycles. The topological polar surface area (TPSA) is 120 Å². The van der Waals surface area contributed by atoms with Crippen LogP contribution >= 0.6 is 0 Å². The van der Waals surface area contributed by atoms with E-state index in [0.717, 1.165) is 4.22 Å². The van der Waals surface area contributed by atoms with Crippen molar-refractivity contribution in [3.8, 4) is 0 Å². The summed E-state index contributed by atoms with van der Waals surface area (Å²) in [5, 5.41) is 30.3.